The van der Waals surface area contributed by atoms with Crippen molar-refractivity contribution in [1.82, 2.24) is 5.32 Å². The molecule has 1 aliphatic carbocycles. The van der Waals surface area contributed by atoms with Crippen molar-refractivity contribution >= 4 is 22.8 Å². The van der Waals surface area contributed by atoms with E-state index in [-0.39, 0.29) is 11.7 Å². The first-order valence-electron chi connectivity index (χ1n) is 7.10. The van der Waals surface area contributed by atoms with E-state index in [1.807, 2.05) is 42.5 Å². The highest BCUT2D eigenvalue weighted by molar-refractivity contribution is 7.85. The standard InChI is InChI=1S/C16H21NO2S/c18-16(17-15-10-4-5-11-15)13-20(19)12-6-9-14-7-2-1-3-8-14/h1-3,6-9,15H,4-5,10-13H2,(H,17,18)/b9-6+. The fraction of sp³-hybridized carbons (Fsp3) is 0.438. The number of hydrogen-bond acceptors (Lipinski definition) is 2. The molecule has 1 atom stereocenters. The highest BCUT2D eigenvalue weighted by Crippen LogP contribution is 2.17. The fourth-order valence-corrected chi connectivity index (χ4v) is 3.20. The summed E-state index contributed by atoms with van der Waals surface area (Å²) in [6, 6.07) is 10.2. The Morgan fingerprint density at radius 3 is 2.65 bits per heavy atom. The first-order chi connectivity index (χ1) is 9.74. The molecule has 0 aromatic heterocycles. The molecule has 0 saturated heterocycles. The molecule has 4 heteroatoms. The zero-order chi connectivity index (χ0) is 14.2. The molecule has 2 rings (SSSR count). The summed E-state index contributed by atoms with van der Waals surface area (Å²) < 4.78 is 11.8. The molecule has 1 aromatic carbocycles. The highest BCUT2D eigenvalue weighted by atomic mass is 32.2. The normalized spacial score (nSPS) is 17.4. The third kappa shape index (κ3) is 5.29. The quantitative estimate of drug-likeness (QED) is 0.875. The Morgan fingerprint density at radius 1 is 1.25 bits per heavy atom. The molecular formula is C16H21NO2S. The lowest BCUT2D eigenvalue weighted by molar-refractivity contribution is -0.119. The van der Waals surface area contributed by atoms with Gasteiger partial charge in [-0.15, -0.1) is 0 Å². The van der Waals surface area contributed by atoms with Crippen molar-refractivity contribution in [1.29, 1.82) is 0 Å². The molecule has 1 amide bonds. The van der Waals surface area contributed by atoms with E-state index >= 15 is 0 Å². The van der Waals surface area contributed by atoms with Crippen LogP contribution in [0.2, 0.25) is 0 Å². The molecule has 1 saturated carbocycles. The Kier molecular flexibility index (Phi) is 5.99. The van der Waals surface area contributed by atoms with E-state index in [1.165, 1.54) is 12.8 Å². The van der Waals surface area contributed by atoms with E-state index < -0.39 is 10.8 Å². The zero-order valence-electron chi connectivity index (χ0n) is 11.6. The average Bonchev–Trinajstić information content (AvgIpc) is 2.92. The van der Waals surface area contributed by atoms with Crippen molar-refractivity contribution < 1.29 is 9.00 Å². The fourth-order valence-electron chi connectivity index (χ4n) is 2.40. The van der Waals surface area contributed by atoms with Crippen LogP contribution in [-0.4, -0.2) is 27.7 Å². The number of hydrogen-bond donors (Lipinski definition) is 1. The lowest BCUT2D eigenvalue weighted by atomic mass is 10.2. The number of benzene rings is 1. The molecular weight excluding hydrogens is 270 g/mol. The molecule has 3 nitrogen and oxygen atoms in total. The van der Waals surface area contributed by atoms with Crippen LogP contribution in [0, 0.1) is 0 Å². The van der Waals surface area contributed by atoms with Crippen LogP contribution in [0.25, 0.3) is 6.08 Å². The van der Waals surface area contributed by atoms with Crippen LogP contribution >= 0.6 is 0 Å². The van der Waals surface area contributed by atoms with Gasteiger partial charge in [0.2, 0.25) is 5.91 Å². The van der Waals surface area contributed by atoms with Gasteiger partial charge < -0.3 is 5.32 Å². The summed E-state index contributed by atoms with van der Waals surface area (Å²) in [4.78, 5) is 11.7. The lowest BCUT2D eigenvalue weighted by Crippen LogP contribution is -2.36. The van der Waals surface area contributed by atoms with E-state index in [0.29, 0.717) is 11.8 Å². The summed E-state index contributed by atoms with van der Waals surface area (Å²) in [5, 5.41) is 2.96. The first kappa shape index (κ1) is 15.0. The van der Waals surface area contributed by atoms with Gasteiger partial charge in [-0.25, -0.2) is 0 Å². The summed E-state index contributed by atoms with van der Waals surface area (Å²) >= 11 is 0. The van der Waals surface area contributed by atoms with Crippen LogP contribution in [0.3, 0.4) is 0 Å². The number of rotatable bonds is 6. The monoisotopic (exact) mass is 291 g/mol. The van der Waals surface area contributed by atoms with Gasteiger partial charge in [-0.2, -0.15) is 0 Å². The molecule has 0 heterocycles. The maximum absolute atomic E-state index is 11.8. The number of carbonyl (C=O) groups is 1. The number of nitrogens with one attached hydrogen (secondary N) is 1. The summed E-state index contributed by atoms with van der Waals surface area (Å²) in [6.45, 7) is 0. The Balaban J connectivity index is 1.69. The molecule has 1 aromatic rings. The van der Waals surface area contributed by atoms with Crippen molar-refractivity contribution in [2.24, 2.45) is 0 Å². The van der Waals surface area contributed by atoms with Crippen LogP contribution in [0.5, 0.6) is 0 Å². The number of amides is 1. The SMILES string of the molecule is O=C(CS(=O)C/C=C/c1ccccc1)NC1CCCC1. The largest absolute Gasteiger partial charge is 0.353 e. The number of carbonyl (C=O) groups excluding carboxylic acids is 1. The third-order valence-electron chi connectivity index (χ3n) is 3.40. The Morgan fingerprint density at radius 2 is 1.95 bits per heavy atom. The van der Waals surface area contributed by atoms with Crippen LogP contribution in [-0.2, 0) is 15.6 Å². The summed E-state index contributed by atoms with van der Waals surface area (Å²) in [5.74, 6) is 0.450. The van der Waals surface area contributed by atoms with Gasteiger partial charge in [-0.05, 0) is 18.4 Å². The second-order valence-corrected chi connectivity index (χ2v) is 6.61. The van der Waals surface area contributed by atoms with E-state index in [1.54, 1.807) is 0 Å². The van der Waals surface area contributed by atoms with E-state index in [4.69, 9.17) is 0 Å². The minimum Gasteiger partial charge on any atom is -0.353 e. The minimum absolute atomic E-state index is 0.0802. The van der Waals surface area contributed by atoms with Gasteiger partial charge in [0.25, 0.3) is 0 Å². The summed E-state index contributed by atoms with van der Waals surface area (Å²) in [6.07, 6.45) is 8.31. The van der Waals surface area contributed by atoms with Gasteiger partial charge >= 0.3 is 0 Å². The lowest BCUT2D eigenvalue weighted by Gasteiger charge is -2.11. The maximum Gasteiger partial charge on any atom is 0.232 e. The van der Waals surface area contributed by atoms with Crippen LogP contribution in [0.15, 0.2) is 36.4 Å². The van der Waals surface area contributed by atoms with E-state index in [2.05, 4.69) is 5.32 Å². The second-order valence-electron chi connectivity index (χ2n) is 5.11. The van der Waals surface area contributed by atoms with Gasteiger partial charge in [0, 0.05) is 22.6 Å². The summed E-state index contributed by atoms with van der Waals surface area (Å²) in [5.41, 5.74) is 1.08. The second kappa shape index (κ2) is 8.00. The van der Waals surface area contributed by atoms with Crippen molar-refractivity contribution in [3.05, 3.63) is 42.0 Å². The molecule has 108 valence electrons. The zero-order valence-corrected chi connectivity index (χ0v) is 12.4. The van der Waals surface area contributed by atoms with Crippen LogP contribution in [0.1, 0.15) is 31.2 Å². The molecule has 0 bridgehead atoms. The van der Waals surface area contributed by atoms with Crippen LogP contribution in [0.4, 0.5) is 0 Å². The Hall–Kier alpha value is -1.42. The maximum atomic E-state index is 11.8. The van der Waals surface area contributed by atoms with E-state index in [0.717, 1.165) is 18.4 Å². The molecule has 1 aliphatic rings. The average molecular weight is 291 g/mol. The Bertz CT molecular complexity index is 479. The third-order valence-corrected chi connectivity index (χ3v) is 4.55. The minimum atomic E-state index is -1.12. The van der Waals surface area contributed by atoms with Gasteiger partial charge in [-0.3, -0.25) is 9.00 Å². The smallest absolute Gasteiger partial charge is 0.232 e. The van der Waals surface area contributed by atoms with Gasteiger partial charge in [-0.1, -0.05) is 55.3 Å². The van der Waals surface area contributed by atoms with Crippen molar-refractivity contribution in [3.63, 3.8) is 0 Å². The van der Waals surface area contributed by atoms with Gasteiger partial charge in [0.15, 0.2) is 0 Å². The molecule has 20 heavy (non-hydrogen) atoms. The molecule has 0 radical (unpaired) electrons. The van der Waals surface area contributed by atoms with Crippen molar-refractivity contribution in [3.8, 4) is 0 Å². The predicted molar refractivity (Wildman–Crippen MR) is 83.8 cm³/mol. The topological polar surface area (TPSA) is 46.2 Å². The predicted octanol–water partition coefficient (Wildman–Crippen LogP) is 2.51. The first-order valence-corrected chi connectivity index (χ1v) is 8.59. The van der Waals surface area contributed by atoms with E-state index in [9.17, 15) is 9.00 Å². The molecule has 0 spiro atoms. The van der Waals surface area contributed by atoms with Gasteiger partial charge in [0.05, 0.1) is 0 Å². The summed E-state index contributed by atoms with van der Waals surface area (Å²) in [7, 11) is -1.12. The highest BCUT2D eigenvalue weighted by Gasteiger charge is 2.17. The van der Waals surface area contributed by atoms with Crippen molar-refractivity contribution in [2.45, 2.75) is 31.7 Å². The van der Waals surface area contributed by atoms with Crippen LogP contribution < -0.4 is 5.32 Å². The Labute approximate surface area is 122 Å². The molecule has 0 aliphatic heterocycles. The van der Waals surface area contributed by atoms with Crippen molar-refractivity contribution in [2.75, 3.05) is 11.5 Å². The molecule has 1 N–H and O–H groups in total. The van der Waals surface area contributed by atoms with Gasteiger partial charge in [0.1, 0.15) is 5.75 Å². The molecule has 1 fully saturated rings. The molecule has 1 unspecified atom stereocenters.